The van der Waals surface area contributed by atoms with Gasteiger partial charge in [-0.15, -0.1) is 0 Å². The van der Waals surface area contributed by atoms with Crippen LogP contribution in [0.3, 0.4) is 0 Å². The Bertz CT molecular complexity index is 1140. The van der Waals surface area contributed by atoms with Crippen molar-refractivity contribution in [3.8, 4) is 28.7 Å². The first kappa shape index (κ1) is 26.8. The molecule has 2 aromatic rings. The number of ketones is 1. The zero-order valence-corrected chi connectivity index (χ0v) is 19.3. The molecule has 2 aromatic carbocycles. The van der Waals surface area contributed by atoms with Crippen LogP contribution in [0.2, 0.25) is 0 Å². The highest BCUT2D eigenvalue weighted by Crippen LogP contribution is 2.40. The van der Waals surface area contributed by atoms with Crippen LogP contribution in [-0.2, 0) is 14.3 Å². The summed E-state index contributed by atoms with van der Waals surface area (Å²) in [5.74, 6) is -3.28. The molecule has 36 heavy (non-hydrogen) atoms. The van der Waals surface area contributed by atoms with E-state index in [-0.39, 0.29) is 17.1 Å². The molecule has 0 amide bonds. The van der Waals surface area contributed by atoms with E-state index in [1.165, 1.54) is 25.3 Å². The van der Waals surface area contributed by atoms with E-state index in [9.17, 15) is 40.2 Å². The monoisotopic (exact) mass is 506 g/mol. The molecule has 3 rings (SSSR count). The van der Waals surface area contributed by atoms with Gasteiger partial charge in [0.05, 0.1) is 12.7 Å². The van der Waals surface area contributed by atoms with Crippen molar-refractivity contribution >= 4 is 17.8 Å². The van der Waals surface area contributed by atoms with Crippen molar-refractivity contribution in [2.45, 2.75) is 37.6 Å². The predicted octanol–water partition coefficient (Wildman–Crippen LogP) is 0.458. The minimum atomic E-state index is -1.76. The van der Waals surface area contributed by atoms with Crippen LogP contribution in [-0.4, -0.2) is 86.8 Å². The van der Waals surface area contributed by atoms with Crippen molar-refractivity contribution < 1.29 is 59.2 Å². The molecule has 0 saturated carbocycles. The molecule has 5 atom stereocenters. The van der Waals surface area contributed by atoms with E-state index >= 15 is 0 Å². The number of hydrogen-bond donors (Lipinski definition) is 6. The van der Waals surface area contributed by atoms with E-state index in [0.717, 1.165) is 25.1 Å². The van der Waals surface area contributed by atoms with Gasteiger partial charge in [0.1, 0.15) is 31.0 Å². The quantitative estimate of drug-likeness (QED) is 0.126. The van der Waals surface area contributed by atoms with Gasteiger partial charge in [-0.2, -0.15) is 0 Å². The van der Waals surface area contributed by atoms with Gasteiger partial charge in [0.2, 0.25) is 12.0 Å². The summed E-state index contributed by atoms with van der Waals surface area (Å²) >= 11 is 0. The third kappa shape index (κ3) is 5.86. The fourth-order valence-electron chi connectivity index (χ4n) is 3.40. The average molecular weight is 506 g/mol. The summed E-state index contributed by atoms with van der Waals surface area (Å²) in [6, 6.07) is 6.74. The van der Waals surface area contributed by atoms with Crippen molar-refractivity contribution in [1.29, 1.82) is 0 Å². The zero-order chi connectivity index (χ0) is 26.6. The summed E-state index contributed by atoms with van der Waals surface area (Å²) in [6.45, 7) is 0.692. The molecule has 1 saturated heterocycles. The maximum atomic E-state index is 12.5. The van der Waals surface area contributed by atoms with Gasteiger partial charge >= 0.3 is 5.97 Å². The van der Waals surface area contributed by atoms with Crippen LogP contribution in [0, 0.1) is 0 Å². The third-order valence-electron chi connectivity index (χ3n) is 5.37. The summed E-state index contributed by atoms with van der Waals surface area (Å²) in [4.78, 5) is 23.6. The first-order valence-electron chi connectivity index (χ1n) is 10.7. The lowest BCUT2D eigenvalue weighted by Crippen LogP contribution is -2.60. The highest BCUT2D eigenvalue weighted by molar-refractivity contribution is 6.09. The van der Waals surface area contributed by atoms with Gasteiger partial charge in [-0.05, 0) is 35.9 Å². The van der Waals surface area contributed by atoms with Gasteiger partial charge < -0.3 is 49.6 Å². The van der Waals surface area contributed by atoms with Crippen molar-refractivity contribution in [2.24, 2.45) is 0 Å². The minimum Gasteiger partial charge on any atom is -0.504 e. The Kier molecular flexibility index (Phi) is 8.37. The number of aliphatic hydroxyl groups excluding tert-OH is 3. The van der Waals surface area contributed by atoms with Gasteiger partial charge in [0.25, 0.3) is 0 Å². The molecule has 0 radical (unpaired) electrons. The van der Waals surface area contributed by atoms with Gasteiger partial charge in [0.15, 0.2) is 28.8 Å². The van der Waals surface area contributed by atoms with Crippen LogP contribution in [0.1, 0.15) is 22.8 Å². The number of aromatic hydroxyl groups is 3. The summed E-state index contributed by atoms with van der Waals surface area (Å²) in [6.07, 6.45) is -5.48. The molecule has 0 bridgehead atoms. The molecule has 1 fully saturated rings. The second-order valence-corrected chi connectivity index (χ2v) is 7.87. The number of esters is 1. The van der Waals surface area contributed by atoms with E-state index in [1.54, 1.807) is 6.07 Å². The minimum absolute atomic E-state index is 0.131. The highest BCUT2D eigenvalue weighted by Gasteiger charge is 2.45. The number of phenols is 3. The smallest absolute Gasteiger partial charge is 0.302 e. The standard InChI is InChI=1S/C24H26O12/c1-11(25)34-10-18-21(30)22(31)23(32)24(36-18)35-17-8-5-13(19(28)20(17)29)14(26)6-3-12-4-7-16(33-2)15(27)9-12/h3-9,18,21-24,27-32H,10H2,1-2H3/t18-,21-,22+,23-,24-/m1/s1. The van der Waals surface area contributed by atoms with Crippen LogP contribution in [0.15, 0.2) is 36.4 Å². The van der Waals surface area contributed by atoms with E-state index < -0.39 is 66.3 Å². The summed E-state index contributed by atoms with van der Waals surface area (Å²) < 4.78 is 20.4. The van der Waals surface area contributed by atoms with Gasteiger partial charge in [-0.3, -0.25) is 9.59 Å². The first-order valence-corrected chi connectivity index (χ1v) is 10.7. The second kappa shape index (κ2) is 11.3. The Morgan fingerprint density at radius 2 is 1.67 bits per heavy atom. The number of carbonyl (C=O) groups is 2. The molecule has 1 heterocycles. The lowest BCUT2D eigenvalue weighted by atomic mass is 9.99. The molecule has 0 unspecified atom stereocenters. The fraction of sp³-hybridized carbons (Fsp3) is 0.333. The molecule has 0 aliphatic carbocycles. The van der Waals surface area contributed by atoms with Gasteiger partial charge in [-0.25, -0.2) is 0 Å². The third-order valence-corrected chi connectivity index (χ3v) is 5.37. The SMILES string of the molecule is COc1ccc(C=CC(=O)c2ccc(O[C@@H]3O[C@H](COC(C)=O)[C@@H](O)[C@H](O)[C@H]3O)c(O)c2O)cc1O. The van der Waals surface area contributed by atoms with E-state index in [4.69, 9.17) is 18.9 Å². The van der Waals surface area contributed by atoms with Crippen LogP contribution in [0.4, 0.5) is 0 Å². The summed E-state index contributed by atoms with van der Waals surface area (Å²) in [7, 11) is 1.39. The molecule has 6 N–H and O–H groups in total. The van der Waals surface area contributed by atoms with Crippen LogP contribution in [0.25, 0.3) is 6.08 Å². The number of rotatable bonds is 8. The lowest BCUT2D eigenvalue weighted by molar-refractivity contribution is -0.278. The molecule has 0 aromatic heterocycles. The molecule has 0 spiro atoms. The van der Waals surface area contributed by atoms with Crippen molar-refractivity contribution in [2.75, 3.05) is 13.7 Å². The molecule has 1 aliphatic heterocycles. The van der Waals surface area contributed by atoms with E-state index in [2.05, 4.69) is 0 Å². The number of ether oxygens (including phenoxy) is 4. The number of carbonyl (C=O) groups excluding carboxylic acids is 2. The Labute approximate surface area is 205 Å². The van der Waals surface area contributed by atoms with Crippen LogP contribution < -0.4 is 9.47 Å². The Morgan fingerprint density at radius 3 is 2.31 bits per heavy atom. The number of allylic oxidation sites excluding steroid dienone is 1. The summed E-state index contributed by atoms with van der Waals surface area (Å²) in [5.41, 5.74) is 0.194. The molecule has 1 aliphatic rings. The Balaban J connectivity index is 1.75. The van der Waals surface area contributed by atoms with Crippen LogP contribution >= 0.6 is 0 Å². The first-order chi connectivity index (χ1) is 17.0. The lowest BCUT2D eigenvalue weighted by Gasteiger charge is -2.39. The molecule has 12 heteroatoms. The maximum absolute atomic E-state index is 12.5. The number of hydrogen-bond acceptors (Lipinski definition) is 12. The molecule has 12 nitrogen and oxygen atoms in total. The van der Waals surface area contributed by atoms with E-state index in [0.29, 0.717) is 5.56 Å². The van der Waals surface area contributed by atoms with Gasteiger partial charge in [-0.1, -0.05) is 12.1 Å². The van der Waals surface area contributed by atoms with Crippen molar-refractivity contribution in [3.63, 3.8) is 0 Å². The normalized spacial score (nSPS) is 23.9. The number of phenolic OH excluding ortho intramolecular Hbond substituents is 3. The molecular weight excluding hydrogens is 480 g/mol. The maximum Gasteiger partial charge on any atom is 0.302 e. The largest absolute Gasteiger partial charge is 0.504 e. The molecular formula is C24H26O12. The number of aliphatic hydroxyl groups is 3. The fourth-order valence-corrected chi connectivity index (χ4v) is 3.40. The van der Waals surface area contributed by atoms with Crippen molar-refractivity contribution in [3.05, 3.63) is 47.5 Å². The van der Waals surface area contributed by atoms with Crippen molar-refractivity contribution in [1.82, 2.24) is 0 Å². The van der Waals surface area contributed by atoms with Gasteiger partial charge in [0, 0.05) is 6.92 Å². The Hall–Kier alpha value is -3.84. The molecule has 194 valence electrons. The topological polar surface area (TPSA) is 192 Å². The Morgan fingerprint density at radius 1 is 0.972 bits per heavy atom. The highest BCUT2D eigenvalue weighted by atomic mass is 16.7. The predicted molar refractivity (Wildman–Crippen MR) is 122 cm³/mol. The second-order valence-electron chi connectivity index (χ2n) is 7.87. The van der Waals surface area contributed by atoms with E-state index in [1.807, 2.05) is 0 Å². The zero-order valence-electron chi connectivity index (χ0n) is 19.3. The number of benzene rings is 2. The number of methoxy groups -OCH3 is 1. The summed E-state index contributed by atoms with van der Waals surface area (Å²) in [5, 5.41) is 60.9. The van der Waals surface area contributed by atoms with Crippen LogP contribution in [0.5, 0.6) is 28.7 Å². The average Bonchev–Trinajstić information content (AvgIpc) is 2.84.